The highest BCUT2D eigenvalue weighted by Gasteiger charge is 2.28. The summed E-state index contributed by atoms with van der Waals surface area (Å²) in [6.45, 7) is 1.22. The first-order valence-electron chi connectivity index (χ1n) is 11.1. The fraction of sp³-hybridized carbons (Fsp3) is 0.320. The van der Waals surface area contributed by atoms with Gasteiger partial charge in [0, 0.05) is 31.6 Å². The van der Waals surface area contributed by atoms with E-state index < -0.39 is 0 Å². The minimum absolute atomic E-state index is 0.0241. The predicted molar refractivity (Wildman–Crippen MR) is 126 cm³/mol. The summed E-state index contributed by atoms with van der Waals surface area (Å²) in [6.07, 6.45) is 4.09. The van der Waals surface area contributed by atoms with Gasteiger partial charge in [0.25, 0.3) is 0 Å². The van der Waals surface area contributed by atoms with Crippen molar-refractivity contribution in [2.24, 2.45) is 7.05 Å². The molecule has 1 aliphatic heterocycles. The molecule has 2 aromatic carbocycles. The molecule has 7 nitrogen and oxygen atoms in total. The summed E-state index contributed by atoms with van der Waals surface area (Å²) in [7, 11) is 1.73. The number of imidazole rings is 1. The van der Waals surface area contributed by atoms with Crippen LogP contribution < -0.4 is 5.69 Å². The Morgan fingerprint density at radius 2 is 1.91 bits per heavy atom. The van der Waals surface area contributed by atoms with Crippen molar-refractivity contribution < 1.29 is 9.21 Å². The minimum Gasteiger partial charge on any atom is -0.445 e. The van der Waals surface area contributed by atoms with Crippen LogP contribution in [0.15, 0.2) is 63.9 Å². The lowest BCUT2D eigenvalue weighted by Crippen LogP contribution is -2.42. The number of likely N-dealkylation sites (tertiary alicyclic amines) is 1. The first-order valence-corrected chi connectivity index (χ1v) is 11.5. The van der Waals surface area contributed by atoms with Crippen LogP contribution in [0.2, 0.25) is 5.02 Å². The zero-order chi connectivity index (χ0) is 22.9. The molecule has 170 valence electrons. The third-order valence-electron chi connectivity index (χ3n) is 6.36. The number of aryl methyl sites for hydroxylation is 1. The average molecular weight is 465 g/mol. The molecule has 5 rings (SSSR count). The molecule has 1 atom stereocenters. The molecule has 3 heterocycles. The van der Waals surface area contributed by atoms with Crippen LogP contribution in [0.25, 0.3) is 11.0 Å². The maximum absolute atomic E-state index is 13.1. The highest BCUT2D eigenvalue weighted by molar-refractivity contribution is 6.31. The van der Waals surface area contributed by atoms with Gasteiger partial charge in [0.05, 0.1) is 23.1 Å². The number of rotatable bonds is 5. The van der Waals surface area contributed by atoms with Crippen LogP contribution in [-0.2, 0) is 24.8 Å². The van der Waals surface area contributed by atoms with E-state index in [2.05, 4.69) is 4.98 Å². The molecule has 1 amide bonds. The Labute approximate surface area is 196 Å². The summed E-state index contributed by atoms with van der Waals surface area (Å²) in [4.78, 5) is 32.1. The molecule has 0 aliphatic carbocycles. The van der Waals surface area contributed by atoms with Gasteiger partial charge in [-0.15, -0.1) is 0 Å². The van der Waals surface area contributed by atoms with E-state index in [0.29, 0.717) is 30.4 Å². The molecule has 1 saturated heterocycles. The number of halogens is 1. The normalized spacial score (nSPS) is 16.4. The van der Waals surface area contributed by atoms with Crippen molar-refractivity contribution in [1.82, 2.24) is 19.0 Å². The summed E-state index contributed by atoms with van der Waals surface area (Å²) in [5.74, 6) is 1.37. The molecule has 8 heteroatoms. The topological polar surface area (TPSA) is 73.3 Å². The molecule has 4 aromatic rings. The summed E-state index contributed by atoms with van der Waals surface area (Å²) < 4.78 is 9.17. The largest absolute Gasteiger partial charge is 0.445 e. The Kier molecular flexibility index (Phi) is 5.81. The van der Waals surface area contributed by atoms with Gasteiger partial charge < -0.3 is 9.32 Å². The number of piperidine rings is 1. The van der Waals surface area contributed by atoms with Crippen LogP contribution in [0.3, 0.4) is 0 Å². The van der Waals surface area contributed by atoms with Crippen molar-refractivity contribution in [3.05, 3.63) is 87.4 Å². The van der Waals surface area contributed by atoms with Crippen LogP contribution in [0.4, 0.5) is 0 Å². The molecule has 0 radical (unpaired) electrons. The van der Waals surface area contributed by atoms with Gasteiger partial charge in [-0.25, -0.2) is 9.78 Å². The lowest BCUT2D eigenvalue weighted by Gasteiger charge is -2.31. The van der Waals surface area contributed by atoms with Crippen LogP contribution in [0.1, 0.15) is 36.0 Å². The number of benzene rings is 2. The van der Waals surface area contributed by atoms with Gasteiger partial charge in [0.1, 0.15) is 12.3 Å². The fourth-order valence-electron chi connectivity index (χ4n) is 4.58. The van der Waals surface area contributed by atoms with Crippen molar-refractivity contribution in [3.63, 3.8) is 0 Å². The zero-order valence-corrected chi connectivity index (χ0v) is 19.2. The molecule has 33 heavy (non-hydrogen) atoms. The van der Waals surface area contributed by atoms with Crippen molar-refractivity contribution in [2.45, 2.75) is 31.7 Å². The Bertz CT molecular complexity index is 1370. The predicted octanol–water partition coefficient (Wildman–Crippen LogP) is 3.98. The SMILES string of the molecule is Cn1c(=O)n(CC(=O)N2CCC[C@@H](c3ncc(Cc4ccccc4Cl)o3)C2)c2ccccc21. The molecular formula is C25H25ClN4O3. The number of amides is 1. The van der Waals surface area contributed by atoms with E-state index in [0.717, 1.165) is 35.2 Å². The maximum Gasteiger partial charge on any atom is 0.329 e. The Balaban J connectivity index is 1.29. The van der Waals surface area contributed by atoms with Gasteiger partial charge in [-0.3, -0.25) is 13.9 Å². The molecule has 0 bridgehead atoms. The number of carbonyl (C=O) groups is 1. The molecule has 0 N–H and O–H groups in total. The lowest BCUT2D eigenvalue weighted by atomic mass is 9.98. The van der Waals surface area contributed by atoms with Crippen LogP contribution in [0.5, 0.6) is 0 Å². The van der Waals surface area contributed by atoms with Crippen LogP contribution in [-0.4, -0.2) is 38.0 Å². The molecule has 1 fully saturated rings. The third kappa shape index (κ3) is 4.20. The fourth-order valence-corrected chi connectivity index (χ4v) is 4.78. The standard InChI is InChI=1S/C25H25ClN4O3/c1-28-21-10-4-5-11-22(21)30(25(28)32)16-23(31)29-12-6-8-18(15-29)24-27-14-19(33-24)13-17-7-2-3-9-20(17)26/h2-5,7,9-11,14,18H,6,8,12-13,15-16H2,1H3/t18-/m1/s1. The van der Waals surface area contributed by atoms with E-state index in [-0.39, 0.29) is 24.1 Å². The Hall–Kier alpha value is -3.32. The summed E-state index contributed by atoms with van der Waals surface area (Å²) >= 11 is 6.27. The number of hydrogen-bond donors (Lipinski definition) is 0. The summed E-state index contributed by atoms with van der Waals surface area (Å²) in [5, 5.41) is 0.702. The van der Waals surface area contributed by atoms with E-state index >= 15 is 0 Å². The first kappa shape index (κ1) is 21.5. The van der Waals surface area contributed by atoms with Crippen molar-refractivity contribution in [3.8, 4) is 0 Å². The van der Waals surface area contributed by atoms with Gasteiger partial charge in [-0.1, -0.05) is 41.9 Å². The van der Waals surface area contributed by atoms with Gasteiger partial charge in [-0.05, 0) is 36.6 Å². The van der Waals surface area contributed by atoms with Gasteiger partial charge in [0.2, 0.25) is 5.91 Å². The zero-order valence-electron chi connectivity index (χ0n) is 18.4. The van der Waals surface area contributed by atoms with E-state index in [1.807, 2.05) is 53.4 Å². The number of aromatic nitrogens is 3. The molecule has 2 aromatic heterocycles. The number of fused-ring (bicyclic) bond motifs is 1. The summed E-state index contributed by atoms with van der Waals surface area (Å²) in [5.41, 5.74) is 2.39. The lowest BCUT2D eigenvalue weighted by molar-refractivity contribution is -0.133. The molecule has 0 spiro atoms. The Morgan fingerprint density at radius 3 is 2.73 bits per heavy atom. The van der Waals surface area contributed by atoms with E-state index in [9.17, 15) is 9.59 Å². The molecular weight excluding hydrogens is 440 g/mol. The van der Waals surface area contributed by atoms with Crippen LogP contribution in [0, 0.1) is 0 Å². The highest BCUT2D eigenvalue weighted by Crippen LogP contribution is 2.28. The van der Waals surface area contributed by atoms with E-state index in [4.69, 9.17) is 16.0 Å². The number of hydrogen-bond acceptors (Lipinski definition) is 4. The van der Waals surface area contributed by atoms with E-state index in [1.54, 1.807) is 22.4 Å². The van der Waals surface area contributed by atoms with E-state index in [1.165, 1.54) is 0 Å². The Morgan fingerprint density at radius 1 is 1.15 bits per heavy atom. The number of nitrogens with zero attached hydrogens (tertiary/aromatic N) is 4. The van der Waals surface area contributed by atoms with Gasteiger partial charge >= 0.3 is 5.69 Å². The third-order valence-corrected chi connectivity index (χ3v) is 6.73. The minimum atomic E-state index is -0.185. The van der Waals surface area contributed by atoms with Gasteiger partial charge in [-0.2, -0.15) is 0 Å². The molecule has 0 saturated carbocycles. The first-order chi connectivity index (χ1) is 16.0. The maximum atomic E-state index is 13.1. The molecule has 1 aliphatic rings. The molecule has 0 unspecified atom stereocenters. The average Bonchev–Trinajstić information content (AvgIpc) is 3.40. The highest BCUT2D eigenvalue weighted by atomic mass is 35.5. The van der Waals surface area contributed by atoms with Crippen molar-refractivity contribution in [1.29, 1.82) is 0 Å². The smallest absolute Gasteiger partial charge is 0.329 e. The van der Waals surface area contributed by atoms with Crippen LogP contribution >= 0.6 is 11.6 Å². The summed E-state index contributed by atoms with van der Waals surface area (Å²) in [6, 6.07) is 15.2. The monoisotopic (exact) mass is 464 g/mol. The van der Waals surface area contributed by atoms with Crippen molar-refractivity contribution in [2.75, 3.05) is 13.1 Å². The quantitative estimate of drug-likeness (QED) is 0.448. The number of oxazole rings is 1. The second kappa shape index (κ2) is 8.90. The van der Waals surface area contributed by atoms with Crippen molar-refractivity contribution >= 4 is 28.5 Å². The van der Waals surface area contributed by atoms with Gasteiger partial charge in [0.15, 0.2) is 5.89 Å². The number of carbonyl (C=O) groups excluding carboxylic acids is 1. The second-order valence-corrected chi connectivity index (χ2v) is 8.94. The second-order valence-electron chi connectivity index (χ2n) is 8.53. The number of para-hydroxylation sites is 2.